The highest BCUT2D eigenvalue weighted by molar-refractivity contribution is 7.99. The Bertz CT molecular complexity index is 444. The summed E-state index contributed by atoms with van der Waals surface area (Å²) in [4.78, 5) is 0. The minimum atomic E-state index is 0.198. The van der Waals surface area contributed by atoms with Gasteiger partial charge in [0.05, 0.1) is 12.1 Å². The molecule has 1 saturated carbocycles. The Hall–Kier alpha value is -0.590. The molecule has 1 aromatic heterocycles. The summed E-state index contributed by atoms with van der Waals surface area (Å²) in [6.45, 7) is 4.35. The summed E-state index contributed by atoms with van der Waals surface area (Å²) in [5, 5.41) is 10.1. The molecule has 1 aliphatic heterocycles. The second-order valence-electron chi connectivity index (χ2n) is 5.46. The molecule has 2 N–H and O–H groups in total. The summed E-state index contributed by atoms with van der Waals surface area (Å²) in [5.41, 5.74) is 5.89. The van der Waals surface area contributed by atoms with Gasteiger partial charge in [-0.1, -0.05) is 11.8 Å². The lowest BCUT2D eigenvalue weighted by molar-refractivity contribution is -0.125. The van der Waals surface area contributed by atoms with E-state index in [2.05, 4.69) is 21.7 Å². The molecule has 2 heterocycles. The maximum Gasteiger partial charge on any atom is 0.191 e. The van der Waals surface area contributed by atoms with E-state index < -0.39 is 0 Å². The van der Waals surface area contributed by atoms with Gasteiger partial charge in [0.2, 0.25) is 0 Å². The van der Waals surface area contributed by atoms with Gasteiger partial charge in [-0.2, -0.15) is 0 Å². The largest absolute Gasteiger partial charge is 0.375 e. The second kappa shape index (κ2) is 5.42. The van der Waals surface area contributed by atoms with Crippen LogP contribution in [0.2, 0.25) is 0 Å². The van der Waals surface area contributed by atoms with Crippen molar-refractivity contribution in [1.82, 2.24) is 14.8 Å². The lowest BCUT2D eigenvalue weighted by Crippen LogP contribution is -2.46. The molecule has 0 radical (unpaired) electrons. The first-order valence-electron chi connectivity index (χ1n) is 7.19. The maximum atomic E-state index is 5.98. The van der Waals surface area contributed by atoms with Gasteiger partial charge >= 0.3 is 0 Å². The molecule has 1 aliphatic carbocycles. The summed E-state index contributed by atoms with van der Waals surface area (Å²) in [6.07, 6.45) is 6.06. The Morgan fingerprint density at radius 3 is 2.95 bits per heavy atom. The number of hydrogen-bond donors (Lipinski definition) is 1. The van der Waals surface area contributed by atoms with Crippen LogP contribution in [0.5, 0.6) is 0 Å². The van der Waals surface area contributed by atoms with Crippen molar-refractivity contribution in [2.24, 2.45) is 5.73 Å². The average molecular weight is 282 g/mol. The third-order valence-corrected chi connectivity index (χ3v) is 5.53. The number of aromatic nitrogens is 3. The molecule has 1 aromatic rings. The van der Waals surface area contributed by atoms with Gasteiger partial charge in [-0.05, 0) is 39.0 Å². The SMILES string of the molecule is CCn1c(CN)nnc1SC1CCOC2(CCC2)C1. The molecule has 1 saturated heterocycles. The van der Waals surface area contributed by atoms with Crippen molar-refractivity contribution in [3.8, 4) is 0 Å². The van der Waals surface area contributed by atoms with Gasteiger partial charge in [0.25, 0.3) is 0 Å². The maximum absolute atomic E-state index is 5.98. The van der Waals surface area contributed by atoms with Gasteiger partial charge in [-0.3, -0.25) is 0 Å². The van der Waals surface area contributed by atoms with E-state index in [1.165, 1.54) is 19.3 Å². The minimum Gasteiger partial charge on any atom is -0.375 e. The average Bonchev–Trinajstić information content (AvgIpc) is 2.79. The third kappa shape index (κ3) is 2.53. The molecule has 1 atom stereocenters. The minimum absolute atomic E-state index is 0.198. The van der Waals surface area contributed by atoms with Gasteiger partial charge < -0.3 is 15.0 Å². The van der Waals surface area contributed by atoms with Crippen molar-refractivity contribution in [2.75, 3.05) is 6.61 Å². The second-order valence-corrected chi connectivity index (χ2v) is 6.73. The normalized spacial score (nSPS) is 25.5. The monoisotopic (exact) mass is 282 g/mol. The lowest BCUT2D eigenvalue weighted by atomic mass is 9.75. The van der Waals surface area contributed by atoms with Crippen molar-refractivity contribution < 1.29 is 4.74 Å². The molecule has 2 aliphatic rings. The van der Waals surface area contributed by atoms with E-state index in [0.717, 1.165) is 37.0 Å². The van der Waals surface area contributed by atoms with Crippen LogP contribution >= 0.6 is 11.8 Å². The van der Waals surface area contributed by atoms with Crippen molar-refractivity contribution in [2.45, 2.75) is 68.1 Å². The van der Waals surface area contributed by atoms with Crippen LogP contribution in [0.15, 0.2) is 5.16 Å². The Kier molecular flexibility index (Phi) is 3.82. The van der Waals surface area contributed by atoms with Crippen LogP contribution in [0.3, 0.4) is 0 Å². The first-order chi connectivity index (χ1) is 9.26. The quantitative estimate of drug-likeness (QED) is 0.914. The number of rotatable bonds is 4. The van der Waals surface area contributed by atoms with Gasteiger partial charge in [0.1, 0.15) is 5.82 Å². The van der Waals surface area contributed by atoms with Crippen LogP contribution in [-0.4, -0.2) is 32.2 Å². The Labute approximate surface area is 118 Å². The van der Waals surface area contributed by atoms with Crippen molar-refractivity contribution >= 4 is 11.8 Å². The summed E-state index contributed by atoms with van der Waals surface area (Å²) in [7, 11) is 0. The van der Waals surface area contributed by atoms with Gasteiger partial charge in [0, 0.05) is 18.4 Å². The van der Waals surface area contributed by atoms with E-state index in [0.29, 0.717) is 11.8 Å². The molecule has 0 bridgehead atoms. The highest BCUT2D eigenvalue weighted by Crippen LogP contribution is 2.46. The van der Waals surface area contributed by atoms with Crippen molar-refractivity contribution in [3.63, 3.8) is 0 Å². The van der Waals surface area contributed by atoms with Crippen LogP contribution in [-0.2, 0) is 17.8 Å². The summed E-state index contributed by atoms with van der Waals surface area (Å²) in [6, 6.07) is 0. The van der Waals surface area contributed by atoms with Crippen LogP contribution < -0.4 is 5.73 Å². The van der Waals surface area contributed by atoms with Gasteiger partial charge in [-0.25, -0.2) is 0 Å². The van der Waals surface area contributed by atoms with Gasteiger partial charge in [0.15, 0.2) is 5.16 Å². The molecule has 3 rings (SSSR count). The van der Waals surface area contributed by atoms with E-state index in [-0.39, 0.29) is 5.60 Å². The number of thioether (sulfide) groups is 1. The zero-order chi connectivity index (χ0) is 13.3. The van der Waals surface area contributed by atoms with Crippen LogP contribution in [0.25, 0.3) is 0 Å². The van der Waals surface area contributed by atoms with E-state index in [1.54, 1.807) is 0 Å². The fraction of sp³-hybridized carbons (Fsp3) is 0.846. The Morgan fingerprint density at radius 2 is 2.32 bits per heavy atom. The topological polar surface area (TPSA) is 66.0 Å². The summed E-state index contributed by atoms with van der Waals surface area (Å²) in [5.74, 6) is 0.885. The zero-order valence-electron chi connectivity index (χ0n) is 11.5. The number of nitrogens with zero attached hydrogens (tertiary/aromatic N) is 3. The Morgan fingerprint density at radius 1 is 1.47 bits per heavy atom. The predicted molar refractivity (Wildman–Crippen MR) is 75.0 cm³/mol. The van der Waals surface area contributed by atoms with Gasteiger partial charge in [-0.15, -0.1) is 10.2 Å². The lowest BCUT2D eigenvalue weighted by Gasteiger charge is -2.46. The first kappa shape index (κ1) is 13.4. The summed E-state index contributed by atoms with van der Waals surface area (Å²) < 4.78 is 8.11. The molecule has 19 heavy (non-hydrogen) atoms. The van der Waals surface area contributed by atoms with E-state index in [1.807, 2.05) is 11.8 Å². The fourth-order valence-corrected chi connectivity index (χ4v) is 4.38. The van der Waals surface area contributed by atoms with Crippen molar-refractivity contribution in [3.05, 3.63) is 5.82 Å². The molecule has 5 nitrogen and oxygen atoms in total. The number of ether oxygens (including phenoxy) is 1. The van der Waals surface area contributed by atoms with E-state index in [9.17, 15) is 0 Å². The molecule has 1 spiro atoms. The smallest absolute Gasteiger partial charge is 0.191 e. The predicted octanol–water partition coefficient (Wildman–Crippen LogP) is 1.95. The zero-order valence-corrected chi connectivity index (χ0v) is 12.3. The third-order valence-electron chi connectivity index (χ3n) is 4.28. The molecule has 1 unspecified atom stereocenters. The standard InChI is InChI=1S/C13H22N4OS/c1-2-17-11(9-14)15-16-12(17)19-10-4-7-18-13(8-10)5-3-6-13/h10H,2-9,14H2,1H3. The fourth-order valence-electron chi connectivity index (χ4n) is 3.03. The van der Waals surface area contributed by atoms with E-state index >= 15 is 0 Å². The molecular weight excluding hydrogens is 260 g/mol. The molecule has 6 heteroatoms. The summed E-state index contributed by atoms with van der Waals surface area (Å²) >= 11 is 1.86. The molecular formula is C13H22N4OS. The van der Waals surface area contributed by atoms with E-state index in [4.69, 9.17) is 10.5 Å². The number of nitrogens with two attached hydrogens (primary N) is 1. The highest BCUT2D eigenvalue weighted by Gasteiger charge is 2.43. The van der Waals surface area contributed by atoms with Crippen LogP contribution in [0.4, 0.5) is 0 Å². The first-order valence-corrected chi connectivity index (χ1v) is 8.07. The van der Waals surface area contributed by atoms with Crippen LogP contribution in [0, 0.1) is 0 Å². The molecule has 0 aromatic carbocycles. The van der Waals surface area contributed by atoms with Crippen molar-refractivity contribution in [1.29, 1.82) is 0 Å². The number of hydrogen-bond acceptors (Lipinski definition) is 5. The highest BCUT2D eigenvalue weighted by atomic mass is 32.2. The molecule has 2 fully saturated rings. The Balaban J connectivity index is 1.69. The molecule has 106 valence electrons. The van der Waals surface area contributed by atoms with Crippen LogP contribution in [0.1, 0.15) is 44.9 Å². The molecule has 0 amide bonds.